The van der Waals surface area contributed by atoms with Gasteiger partial charge in [0.25, 0.3) is 0 Å². The summed E-state index contributed by atoms with van der Waals surface area (Å²) >= 11 is 1.34. The van der Waals surface area contributed by atoms with Crippen LogP contribution in [0.1, 0.15) is 6.92 Å². The van der Waals surface area contributed by atoms with Crippen molar-refractivity contribution in [2.75, 3.05) is 17.7 Å². The zero-order valence-electron chi connectivity index (χ0n) is 15.7. The van der Waals surface area contributed by atoms with Crippen molar-refractivity contribution in [2.45, 2.75) is 18.6 Å². The largest absolute Gasteiger partial charge is 0.492 e. The Labute approximate surface area is 168 Å². The Balaban J connectivity index is 1.70. The van der Waals surface area contributed by atoms with Crippen LogP contribution in [0.5, 0.6) is 5.75 Å². The molecule has 144 valence electrons. The summed E-state index contributed by atoms with van der Waals surface area (Å²) in [4.78, 5) is 12.4. The van der Waals surface area contributed by atoms with Gasteiger partial charge in [-0.25, -0.2) is 0 Å². The van der Waals surface area contributed by atoms with E-state index in [0.717, 1.165) is 11.4 Å². The van der Waals surface area contributed by atoms with E-state index in [1.165, 1.54) is 11.8 Å². The molecule has 3 rings (SSSR count). The predicted molar refractivity (Wildman–Crippen MR) is 113 cm³/mol. The van der Waals surface area contributed by atoms with Crippen LogP contribution in [0.15, 0.2) is 72.4 Å². The molecule has 0 unspecified atom stereocenters. The number of carbonyl (C=O) groups is 1. The van der Waals surface area contributed by atoms with Gasteiger partial charge in [-0.2, -0.15) is 0 Å². The molecule has 0 saturated heterocycles. The van der Waals surface area contributed by atoms with Crippen molar-refractivity contribution in [1.82, 2.24) is 14.8 Å². The van der Waals surface area contributed by atoms with Crippen molar-refractivity contribution in [3.05, 3.63) is 67.3 Å². The number of benzene rings is 2. The molecular formula is C21H22N4O2S. The molecule has 2 aromatic carbocycles. The summed E-state index contributed by atoms with van der Waals surface area (Å²) in [5, 5.41) is 12.1. The number of thioether (sulfide) groups is 1. The van der Waals surface area contributed by atoms with E-state index in [-0.39, 0.29) is 11.7 Å². The van der Waals surface area contributed by atoms with Crippen LogP contribution in [0.4, 0.5) is 5.69 Å². The van der Waals surface area contributed by atoms with Gasteiger partial charge in [-0.1, -0.05) is 60.3 Å². The number of aromatic nitrogens is 3. The van der Waals surface area contributed by atoms with E-state index < -0.39 is 0 Å². The van der Waals surface area contributed by atoms with Gasteiger partial charge in [0.1, 0.15) is 5.75 Å². The third-order valence-corrected chi connectivity index (χ3v) is 4.82. The molecule has 0 atom stereocenters. The summed E-state index contributed by atoms with van der Waals surface area (Å²) in [7, 11) is 0. The van der Waals surface area contributed by atoms with E-state index >= 15 is 0 Å². The zero-order valence-corrected chi connectivity index (χ0v) is 16.5. The van der Waals surface area contributed by atoms with E-state index in [9.17, 15) is 4.79 Å². The fourth-order valence-corrected chi connectivity index (χ4v) is 3.41. The number of hydrogen-bond donors (Lipinski definition) is 1. The first-order chi connectivity index (χ1) is 13.7. The lowest BCUT2D eigenvalue weighted by molar-refractivity contribution is -0.113. The molecule has 0 bridgehead atoms. The number of hydrogen-bond acceptors (Lipinski definition) is 5. The Morgan fingerprint density at radius 2 is 1.93 bits per heavy atom. The highest BCUT2D eigenvalue weighted by atomic mass is 32.2. The van der Waals surface area contributed by atoms with Gasteiger partial charge in [0.15, 0.2) is 11.0 Å². The van der Waals surface area contributed by atoms with Gasteiger partial charge in [0, 0.05) is 12.1 Å². The van der Waals surface area contributed by atoms with Crippen LogP contribution in [0.3, 0.4) is 0 Å². The molecule has 1 amide bonds. The van der Waals surface area contributed by atoms with Crippen LogP contribution >= 0.6 is 11.8 Å². The number of anilines is 1. The number of nitrogens with one attached hydrogen (secondary N) is 1. The molecule has 1 N–H and O–H groups in total. The number of para-hydroxylation sites is 2. The van der Waals surface area contributed by atoms with Gasteiger partial charge >= 0.3 is 0 Å². The van der Waals surface area contributed by atoms with Crippen molar-refractivity contribution in [2.24, 2.45) is 0 Å². The topological polar surface area (TPSA) is 69.0 Å². The average Bonchev–Trinajstić information content (AvgIpc) is 3.12. The summed E-state index contributed by atoms with van der Waals surface area (Å²) in [6.07, 6.45) is 1.79. The standard InChI is InChI=1S/C21H22N4O2S/c1-3-14-25-20(16-10-6-5-7-11-16)23-24-21(25)28-15-19(26)22-17-12-8-9-13-18(17)27-4-2/h3,5-13H,1,4,14-15H2,2H3,(H,22,26). The van der Waals surface area contributed by atoms with E-state index in [1.54, 1.807) is 6.08 Å². The molecule has 7 heteroatoms. The minimum atomic E-state index is -0.133. The minimum Gasteiger partial charge on any atom is -0.492 e. The maximum Gasteiger partial charge on any atom is 0.234 e. The molecule has 28 heavy (non-hydrogen) atoms. The summed E-state index contributed by atoms with van der Waals surface area (Å²) in [5.41, 5.74) is 1.63. The van der Waals surface area contributed by atoms with E-state index in [4.69, 9.17) is 4.74 Å². The fraction of sp³-hybridized carbons (Fsp3) is 0.190. The highest BCUT2D eigenvalue weighted by Gasteiger charge is 2.15. The smallest absolute Gasteiger partial charge is 0.234 e. The SMILES string of the molecule is C=CCn1c(SCC(=O)Nc2ccccc2OCC)nnc1-c1ccccc1. The Morgan fingerprint density at radius 3 is 2.68 bits per heavy atom. The molecule has 3 aromatic rings. The van der Waals surface area contributed by atoms with Gasteiger partial charge < -0.3 is 10.1 Å². The Morgan fingerprint density at radius 1 is 1.18 bits per heavy atom. The molecule has 0 aliphatic rings. The highest BCUT2D eigenvalue weighted by Crippen LogP contribution is 2.26. The molecule has 1 aromatic heterocycles. The van der Waals surface area contributed by atoms with Gasteiger partial charge in [0.05, 0.1) is 18.0 Å². The summed E-state index contributed by atoms with van der Waals surface area (Å²) in [6, 6.07) is 17.2. The monoisotopic (exact) mass is 394 g/mol. The summed E-state index contributed by atoms with van der Waals surface area (Å²) in [5.74, 6) is 1.49. The molecule has 0 fully saturated rings. The van der Waals surface area contributed by atoms with Crippen LogP contribution in [0.2, 0.25) is 0 Å². The molecular weight excluding hydrogens is 372 g/mol. The second kappa shape index (κ2) is 9.75. The van der Waals surface area contributed by atoms with Gasteiger partial charge in [-0.15, -0.1) is 16.8 Å². The summed E-state index contributed by atoms with van der Waals surface area (Å²) in [6.45, 7) is 6.82. The van der Waals surface area contributed by atoms with E-state index in [2.05, 4.69) is 22.1 Å². The van der Waals surface area contributed by atoms with Crippen LogP contribution in [-0.4, -0.2) is 33.0 Å². The second-order valence-electron chi connectivity index (χ2n) is 5.84. The first-order valence-corrected chi connectivity index (χ1v) is 9.95. The van der Waals surface area contributed by atoms with E-state index in [1.807, 2.05) is 66.1 Å². The average molecular weight is 395 g/mol. The van der Waals surface area contributed by atoms with E-state index in [0.29, 0.717) is 29.7 Å². The quantitative estimate of drug-likeness (QED) is 0.434. The number of carbonyl (C=O) groups excluding carboxylic acids is 1. The molecule has 6 nitrogen and oxygen atoms in total. The molecule has 0 aliphatic heterocycles. The van der Waals surface area contributed by atoms with Crippen molar-refractivity contribution in [3.63, 3.8) is 0 Å². The number of nitrogens with zero attached hydrogens (tertiary/aromatic N) is 3. The van der Waals surface area contributed by atoms with Gasteiger partial charge in [-0.05, 0) is 19.1 Å². The summed E-state index contributed by atoms with van der Waals surface area (Å²) < 4.78 is 7.50. The Hall–Kier alpha value is -3.06. The van der Waals surface area contributed by atoms with Crippen molar-refractivity contribution in [3.8, 4) is 17.1 Å². The van der Waals surface area contributed by atoms with Gasteiger partial charge in [-0.3, -0.25) is 9.36 Å². The van der Waals surface area contributed by atoms with Crippen molar-refractivity contribution < 1.29 is 9.53 Å². The third-order valence-electron chi connectivity index (χ3n) is 3.85. The van der Waals surface area contributed by atoms with Crippen molar-refractivity contribution in [1.29, 1.82) is 0 Å². The molecule has 0 radical (unpaired) electrons. The fourth-order valence-electron chi connectivity index (χ4n) is 2.66. The van der Waals surface area contributed by atoms with Crippen LogP contribution < -0.4 is 10.1 Å². The normalized spacial score (nSPS) is 10.5. The lowest BCUT2D eigenvalue weighted by Gasteiger charge is -2.11. The molecule has 0 aliphatic carbocycles. The lowest BCUT2D eigenvalue weighted by Crippen LogP contribution is -2.15. The number of amides is 1. The maximum atomic E-state index is 12.4. The first-order valence-electron chi connectivity index (χ1n) is 8.97. The molecule has 0 saturated carbocycles. The number of allylic oxidation sites excluding steroid dienone is 1. The van der Waals surface area contributed by atoms with Crippen LogP contribution in [0, 0.1) is 0 Å². The highest BCUT2D eigenvalue weighted by molar-refractivity contribution is 7.99. The van der Waals surface area contributed by atoms with Gasteiger partial charge in [0.2, 0.25) is 5.91 Å². The second-order valence-corrected chi connectivity index (χ2v) is 6.78. The molecule has 0 spiro atoms. The maximum absolute atomic E-state index is 12.4. The Kier molecular flexibility index (Phi) is 6.86. The first kappa shape index (κ1) is 19.7. The number of ether oxygens (including phenoxy) is 1. The Bertz CT molecular complexity index is 941. The predicted octanol–water partition coefficient (Wildman–Crippen LogP) is 4.26. The van der Waals surface area contributed by atoms with Crippen molar-refractivity contribution >= 4 is 23.4 Å². The lowest BCUT2D eigenvalue weighted by atomic mass is 10.2. The van der Waals surface area contributed by atoms with Crippen LogP contribution in [0.25, 0.3) is 11.4 Å². The number of rotatable bonds is 9. The zero-order chi connectivity index (χ0) is 19.8. The third kappa shape index (κ3) is 4.80. The minimum absolute atomic E-state index is 0.133. The molecule has 1 heterocycles. The van der Waals surface area contributed by atoms with Crippen LogP contribution in [-0.2, 0) is 11.3 Å².